The van der Waals surface area contributed by atoms with E-state index < -0.39 is 0 Å². The number of hydrogen-bond acceptors (Lipinski definition) is 4. The van der Waals surface area contributed by atoms with E-state index >= 15 is 0 Å². The molecule has 0 aromatic carbocycles. The maximum Gasteiger partial charge on any atom is 0.0594 e. The minimum atomic E-state index is 0.259. The number of hydrazine groups is 1. The van der Waals surface area contributed by atoms with Gasteiger partial charge in [-0.15, -0.1) is 11.3 Å². The van der Waals surface area contributed by atoms with Crippen molar-refractivity contribution in [1.82, 2.24) is 5.43 Å². The van der Waals surface area contributed by atoms with Crippen molar-refractivity contribution >= 4 is 22.7 Å². The summed E-state index contributed by atoms with van der Waals surface area (Å²) in [4.78, 5) is 2.98. The SMILES string of the molecule is NNC(Cc1ccsc1)c1cc2c(s1)CCCC2. The van der Waals surface area contributed by atoms with E-state index in [1.165, 1.54) is 36.1 Å². The zero-order valence-electron chi connectivity index (χ0n) is 10.3. The lowest BCUT2D eigenvalue weighted by Crippen LogP contribution is -2.28. The molecule has 3 N–H and O–H groups in total. The van der Waals surface area contributed by atoms with Gasteiger partial charge < -0.3 is 0 Å². The molecule has 96 valence electrons. The first-order valence-corrected chi connectivity index (χ1v) is 8.21. The van der Waals surface area contributed by atoms with Gasteiger partial charge in [-0.25, -0.2) is 0 Å². The molecule has 4 heteroatoms. The summed E-state index contributed by atoms with van der Waals surface area (Å²) in [6.07, 6.45) is 6.18. The minimum absolute atomic E-state index is 0.259. The Balaban J connectivity index is 1.80. The summed E-state index contributed by atoms with van der Waals surface area (Å²) in [5.74, 6) is 5.74. The largest absolute Gasteiger partial charge is 0.271 e. The molecule has 18 heavy (non-hydrogen) atoms. The van der Waals surface area contributed by atoms with Crippen LogP contribution in [0.1, 0.15) is 39.8 Å². The maximum atomic E-state index is 5.74. The van der Waals surface area contributed by atoms with E-state index in [2.05, 4.69) is 28.3 Å². The van der Waals surface area contributed by atoms with Gasteiger partial charge in [0.15, 0.2) is 0 Å². The van der Waals surface area contributed by atoms with Crippen LogP contribution < -0.4 is 11.3 Å². The zero-order valence-corrected chi connectivity index (χ0v) is 11.9. The third-order valence-corrected chi connectivity index (χ3v) is 5.66. The normalized spacial score (nSPS) is 16.5. The van der Waals surface area contributed by atoms with Crippen molar-refractivity contribution in [2.24, 2.45) is 5.84 Å². The van der Waals surface area contributed by atoms with Gasteiger partial charge in [0.05, 0.1) is 6.04 Å². The molecule has 0 spiro atoms. The molecule has 0 aliphatic heterocycles. The molecule has 1 aliphatic carbocycles. The van der Waals surface area contributed by atoms with E-state index in [0.29, 0.717) is 0 Å². The van der Waals surface area contributed by atoms with Gasteiger partial charge in [0.2, 0.25) is 0 Å². The average molecular weight is 278 g/mol. The molecule has 0 radical (unpaired) electrons. The molecule has 2 nitrogen and oxygen atoms in total. The Labute approximate surface area is 116 Å². The van der Waals surface area contributed by atoms with Gasteiger partial charge >= 0.3 is 0 Å². The van der Waals surface area contributed by atoms with Crippen LogP contribution in [-0.2, 0) is 19.3 Å². The number of rotatable bonds is 4. The summed E-state index contributed by atoms with van der Waals surface area (Å²) in [5.41, 5.74) is 5.91. The van der Waals surface area contributed by atoms with Crippen molar-refractivity contribution in [3.8, 4) is 0 Å². The van der Waals surface area contributed by atoms with E-state index in [4.69, 9.17) is 5.84 Å². The highest BCUT2D eigenvalue weighted by atomic mass is 32.1. The molecule has 0 amide bonds. The summed E-state index contributed by atoms with van der Waals surface area (Å²) in [7, 11) is 0. The number of nitrogens with two attached hydrogens (primary N) is 1. The van der Waals surface area contributed by atoms with E-state index in [-0.39, 0.29) is 6.04 Å². The summed E-state index contributed by atoms with van der Waals surface area (Å²) in [5, 5.41) is 4.33. The molecule has 0 bridgehead atoms. The van der Waals surface area contributed by atoms with E-state index in [0.717, 1.165) is 6.42 Å². The predicted molar refractivity (Wildman–Crippen MR) is 79.0 cm³/mol. The van der Waals surface area contributed by atoms with Crippen LogP contribution in [0.25, 0.3) is 0 Å². The zero-order chi connectivity index (χ0) is 12.4. The first-order valence-electron chi connectivity index (χ1n) is 6.45. The lowest BCUT2D eigenvalue weighted by atomic mass is 9.98. The van der Waals surface area contributed by atoms with Crippen LogP contribution in [0, 0.1) is 0 Å². The molecule has 0 fully saturated rings. The Morgan fingerprint density at radius 1 is 1.33 bits per heavy atom. The van der Waals surface area contributed by atoms with Crippen LogP contribution >= 0.6 is 22.7 Å². The lowest BCUT2D eigenvalue weighted by Gasteiger charge is -2.13. The molecule has 1 aliphatic rings. The number of fused-ring (bicyclic) bond motifs is 1. The van der Waals surface area contributed by atoms with E-state index in [1.54, 1.807) is 21.8 Å². The van der Waals surface area contributed by atoms with Crippen LogP contribution in [0.3, 0.4) is 0 Å². The van der Waals surface area contributed by atoms with Crippen molar-refractivity contribution in [1.29, 1.82) is 0 Å². The second-order valence-electron chi connectivity index (χ2n) is 4.86. The molecule has 1 atom stereocenters. The van der Waals surface area contributed by atoms with Crippen molar-refractivity contribution in [2.75, 3.05) is 0 Å². The summed E-state index contributed by atoms with van der Waals surface area (Å²) >= 11 is 3.70. The van der Waals surface area contributed by atoms with Crippen LogP contribution in [0.4, 0.5) is 0 Å². The topological polar surface area (TPSA) is 38.0 Å². The van der Waals surface area contributed by atoms with Crippen molar-refractivity contribution in [3.63, 3.8) is 0 Å². The molecule has 1 unspecified atom stereocenters. The molecular formula is C14H18N2S2. The highest BCUT2D eigenvalue weighted by molar-refractivity contribution is 7.12. The lowest BCUT2D eigenvalue weighted by molar-refractivity contribution is 0.561. The third-order valence-electron chi connectivity index (χ3n) is 3.58. The maximum absolute atomic E-state index is 5.74. The van der Waals surface area contributed by atoms with Gasteiger partial charge in [-0.05, 0) is 66.1 Å². The standard InChI is InChI=1S/C14H18N2S2/c15-16-12(7-10-5-6-17-9-10)14-8-11-3-1-2-4-13(11)18-14/h5-6,8-9,12,16H,1-4,7,15H2. The molecule has 0 saturated heterocycles. The Kier molecular flexibility index (Phi) is 3.80. The van der Waals surface area contributed by atoms with Gasteiger partial charge in [-0.3, -0.25) is 11.3 Å². The highest BCUT2D eigenvalue weighted by Gasteiger charge is 2.18. The minimum Gasteiger partial charge on any atom is -0.271 e. The number of nitrogens with one attached hydrogen (secondary N) is 1. The van der Waals surface area contributed by atoms with E-state index in [9.17, 15) is 0 Å². The molecule has 2 aromatic heterocycles. The Morgan fingerprint density at radius 2 is 2.22 bits per heavy atom. The molecule has 2 aromatic rings. The third kappa shape index (κ3) is 2.52. The molecule has 3 rings (SSSR count). The van der Waals surface area contributed by atoms with Crippen molar-refractivity contribution < 1.29 is 0 Å². The van der Waals surface area contributed by atoms with Crippen LogP contribution in [0.15, 0.2) is 22.9 Å². The summed E-state index contributed by atoms with van der Waals surface area (Å²) in [6, 6.07) is 4.81. The molecule has 2 heterocycles. The van der Waals surface area contributed by atoms with Gasteiger partial charge in [0.25, 0.3) is 0 Å². The monoisotopic (exact) mass is 278 g/mol. The van der Waals surface area contributed by atoms with E-state index in [1.807, 2.05) is 11.3 Å². The Hall–Kier alpha value is -0.680. The van der Waals surface area contributed by atoms with Crippen LogP contribution in [0.2, 0.25) is 0 Å². The van der Waals surface area contributed by atoms with Crippen LogP contribution in [-0.4, -0.2) is 0 Å². The number of hydrogen-bond donors (Lipinski definition) is 2. The first-order chi connectivity index (χ1) is 8.86. The van der Waals surface area contributed by atoms with Gasteiger partial charge in [0, 0.05) is 9.75 Å². The number of aryl methyl sites for hydroxylation is 2. The fourth-order valence-corrected chi connectivity index (χ4v) is 4.57. The second kappa shape index (κ2) is 5.53. The van der Waals surface area contributed by atoms with Crippen molar-refractivity contribution in [2.45, 2.75) is 38.1 Å². The van der Waals surface area contributed by atoms with Crippen molar-refractivity contribution in [3.05, 3.63) is 43.8 Å². The first kappa shape index (κ1) is 12.4. The van der Waals surface area contributed by atoms with Crippen LogP contribution in [0.5, 0.6) is 0 Å². The molecular weight excluding hydrogens is 260 g/mol. The smallest absolute Gasteiger partial charge is 0.0594 e. The average Bonchev–Trinajstić information content (AvgIpc) is 3.04. The fraction of sp³-hybridized carbons (Fsp3) is 0.429. The fourth-order valence-electron chi connectivity index (χ4n) is 2.57. The van der Waals surface area contributed by atoms with Gasteiger partial charge in [-0.1, -0.05) is 0 Å². The Morgan fingerprint density at radius 3 is 2.94 bits per heavy atom. The quantitative estimate of drug-likeness (QED) is 0.664. The Bertz CT molecular complexity index is 478. The summed E-state index contributed by atoms with van der Waals surface area (Å²) < 4.78 is 0. The second-order valence-corrected chi connectivity index (χ2v) is 6.81. The molecule has 0 saturated carbocycles. The highest BCUT2D eigenvalue weighted by Crippen LogP contribution is 2.33. The van der Waals surface area contributed by atoms with Gasteiger partial charge in [0.1, 0.15) is 0 Å². The predicted octanol–water partition coefficient (Wildman–Crippen LogP) is 3.44. The van der Waals surface area contributed by atoms with Gasteiger partial charge in [-0.2, -0.15) is 11.3 Å². The summed E-state index contributed by atoms with van der Waals surface area (Å²) in [6.45, 7) is 0. The number of thiophene rings is 2.